The lowest BCUT2D eigenvalue weighted by Crippen LogP contribution is -2.40. The minimum Gasteiger partial charge on any atom is -0.368 e. The van der Waals surface area contributed by atoms with E-state index in [2.05, 4.69) is 42.9 Å². The molecule has 0 aliphatic heterocycles. The summed E-state index contributed by atoms with van der Waals surface area (Å²) in [5.74, 6) is 0.765. The van der Waals surface area contributed by atoms with E-state index in [9.17, 15) is 0 Å². The fourth-order valence-electron chi connectivity index (χ4n) is 1.93. The third-order valence-electron chi connectivity index (χ3n) is 2.75. The second-order valence-corrected chi connectivity index (χ2v) is 5.09. The molecule has 1 heterocycles. The second kappa shape index (κ2) is 6.82. The van der Waals surface area contributed by atoms with Gasteiger partial charge in [-0.2, -0.15) is 0 Å². The van der Waals surface area contributed by atoms with E-state index in [1.807, 2.05) is 12.1 Å². The number of halogens is 1. The number of aromatic nitrogens is 1. The molecule has 1 N–H and O–H groups in total. The van der Waals surface area contributed by atoms with Crippen LogP contribution >= 0.6 is 11.6 Å². The van der Waals surface area contributed by atoms with Crippen LogP contribution in [-0.4, -0.2) is 35.1 Å². The van der Waals surface area contributed by atoms with Crippen molar-refractivity contribution in [2.75, 3.05) is 18.4 Å². The van der Waals surface area contributed by atoms with Crippen LogP contribution in [0.25, 0.3) is 0 Å². The van der Waals surface area contributed by atoms with Crippen LogP contribution in [0.1, 0.15) is 27.7 Å². The minimum absolute atomic E-state index is 0.552. The lowest BCUT2D eigenvalue weighted by molar-refractivity contribution is 0.182. The predicted molar refractivity (Wildman–Crippen MR) is 74.7 cm³/mol. The van der Waals surface area contributed by atoms with Gasteiger partial charge in [0.1, 0.15) is 5.82 Å². The third kappa shape index (κ3) is 4.52. The largest absolute Gasteiger partial charge is 0.368 e. The highest BCUT2D eigenvalue weighted by atomic mass is 35.5. The van der Waals surface area contributed by atoms with Crippen molar-refractivity contribution in [3.8, 4) is 0 Å². The summed E-state index contributed by atoms with van der Waals surface area (Å²) in [5.41, 5.74) is 0. The zero-order valence-electron chi connectivity index (χ0n) is 11.1. The SMILES string of the molecule is CC(C)N(CCNc1ncccc1Cl)C(C)C. The number of nitrogens with one attached hydrogen (secondary N) is 1. The van der Waals surface area contributed by atoms with Crippen molar-refractivity contribution in [2.24, 2.45) is 0 Å². The summed E-state index contributed by atoms with van der Waals surface area (Å²) in [6, 6.07) is 4.79. The molecule has 0 aliphatic rings. The molecule has 0 saturated carbocycles. The van der Waals surface area contributed by atoms with Gasteiger partial charge in [0.05, 0.1) is 5.02 Å². The zero-order valence-corrected chi connectivity index (χ0v) is 11.8. The summed E-state index contributed by atoms with van der Waals surface area (Å²) in [5, 5.41) is 3.94. The number of hydrogen-bond acceptors (Lipinski definition) is 3. The summed E-state index contributed by atoms with van der Waals surface area (Å²) in [6.45, 7) is 10.7. The summed E-state index contributed by atoms with van der Waals surface area (Å²) in [7, 11) is 0. The number of nitrogens with zero attached hydrogens (tertiary/aromatic N) is 2. The molecule has 0 radical (unpaired) electrons. The lowest BCUT2D eigenvalue weighted by Gasteiger charge is -2.30. The van der Waals surface area contributed by atoms with Gasteiger partial charge in [-0.3, -0.25) is 4.90 Å². The Labute approximate surface area is 109 Å². The van der Waals surface area contributed by atoms with Crippen LogP contribution in [0.5, 0.6) is 0 Å². The Morgan fingerprint density at radius 1 is 1.29 bits per heavy atom. The molecule has 3 nitrogen and oxygen atoms in total. The number of rotatable bonds is 6. The predicted octanol–water partition coefficient (Wildman–Crippen LogP) is 3.27. The number of hydrogen-bond donors (Lipinski definition) is 1. The van der Waals surface area contributed by atoms with Gasteiger partial charge in [0.15, 0.2) is 0 Å². The van der Waals surface area contributed by atoms with Crippen molar-refractivity contribution < 1.29 is 0 Å². The van der Waals surface area contributed by atoms with Gasteiger partial charge in [0.2, 0.25) is 0 Å². The van der Waals surface area contributed by atoms with Crippen LogP contribution in [-0.2, 0) is 0 Å². The van der Waals surface area contributed by atoms with E-state index < -0.39 is 0 Å². The molecule has 1 rings (SSSR count). The number of pyridine rings is 1. The fourth-order valence-corrected chi connectivity index (χ4v) is 2.12. The van der Waals surface area contributed by atoms with Gasteiger partial charge in [0.25, 0.3) is 0 Å². The molecule has 0 aliphatic carbocycles. The van der Waals surface area contributed by atoms with E-state index in [-0.39, 0.29) is 0 Å². The van der Waals surface area contributed by atoms with Crippen molar-refractivity contribution in [1.29, 1.82) is 0 Å². The van der Waals surface area contributed by atoms with Crippen LogP contribution in [0.2, 0.25) is 5.02 Å². The van der Waals surface area contributed by atoms with Crippen LogP contribution in [0, 0.1) is 0 Å². The molecule has 0 unspecified atom stereocenters. The Bertz CT molecular complexity index is 331. The van der Waals surface area contributed by atoms with Crippen molar-refractivity contribution in [2.45, 2.75) is 39.8 Å². The van der Waals surface area contributed by atoms with Gasteiger partial charge in [-0.05, 0) is 39.8 Å². The Balaban J connectivity index is 2.44. The van der Waals surface area contributed by atoms with E-state index >= 15 is 0 Å². The maximum atomic E-state index is 6.03. The minimum atomic E-state index is 0.552. The van der Waals surface area contributed by atoms with E-state index in [0.29, 0.717) is 17.1 Å². The molecule has 0 bridgehead atoms. The van der Waals surface area contributed by atoms with Gasteiger partial charge < -0.3 is 5.32 Å². The van der Waals surface area contributed by atoms with E-state index in [1.54, 1.807) is 6.20 Å². The van der Waals surface area contributed by atoms with Crippen molar-refractivity contribution in [3.63, 3.8) is 0 Å². The van der Waals surface area contributed by atoms with Gasteiger partial charge in [-0.25, -0.2) is 4.98 Å². The Morgan fingerprint density at radius 2 is 1.94 bits per heavy atom. The molecule has 0 amide bonds. The topological polar surface area (TPSA) is 28.2 Å². The second-order valence-electron chi connectivity index (χ2n) is 4.69. The third-order valence-corrected chi connectivity index (χ3v) is 3.05. The van der Waals surface area contributed by atoms with Gasteiger partial charge in [0, 0.05) is 31.4 Å². The maximum absolute atomic E-state index is 6.03. The number of anilines is 1. The van der Waals surface area contributed by atoms with Crippen LogP contribution in [0.15, 0.2) is 18.3 Å². The molecule has 4 heteroatoms. The molecule has 0 fully saturated rings. The lowest BCUT2D eigenvalue weighted by atomic mass is 10.2. The Kier molecular flexibility index (Phi) is 5.72. The first-order valence-electron chi connectivity index (χ1n) is 6.12. The average molecular weight is 256 g/mol. The van der Waals surface area contributed by atoms with Crippen molar-refractivity contribution in [1.82, 2.24) is 9.88 Å². The molecule has 0 aromatic carbocycles. The Morgan fingerprint density at radius 3 is 2.47 bits per heavy atom. The maximum Gasteiger partial charge on any atom is 0.144 e. The Hall–Kier alpha value is -0.800. The van der Waals surface area contributed by atoms with Crippen LogP contribution in [0.4, 0.5) is 5.82 Å². The van der Waals surface area contributed by atoms with E-state index in [1.165, 1.54) is 0 Å². The summed E-state index contributed by atoms with van der Waals surface area (Å²) in [4.78, 5) is 6.64. The highest BCUT2D eigenvalue weighted by Crippen LogP contribution is 2.17. The average Bonchev–Trinajstić information content (AvgIpc) is 2.25. The standard InChI is InChI=1S/C13H22ClN3/c1-10(2)17(11(3)4)9-8-16-13-12(14)6-5-7-15-13/h5-7,10-11H,8-9H2,1-4H3,(H,15,16). The highest BCUT2D eigenvalue weighted by molar-refractivity contribution is 6.32. The normalized spacial score (nSPS) is 11.5. The molecule has 17 heavy (non-hydrogen) atoms. The summed E-state index contributed by atoms with van der Waals surface area (Å²) in [6.07, 6.45) is 1.75. The van der Waals surface area contributed by atoms with Crippen LogP contribution in [0.3, 0.4) is 0 Å². The highest BCUT2D eigenvalue weighted by Gasteiger charge is 2.12. The molecular weight excluding hydrogens is 234 g/mol. The molecule has 0 atom stereocenters. The molecule has 0 spiro atoms. The van der Waals surface area contributed by atoms with Crippen molar-refractivity contribution in [3.05, 3.63) is 23.4 Å². The quantitative estimate of drug-likeness (QED) is 0.846. The van der Waals surface area contributed by atoms with Gasteiger partial charge in [-0.1, -0.05) is 11.6 Å². The van der Waals surface area contributed by atoms with Gasteiger partial charge in [-0.15, -0.1) is 0 Å². The zero-order chi connectivity index (χ0) is 12.8. The monoisotopic (exact) mass is 255 g/mol. The molecular formula is C13H22ClN3. The molecule has 96 valence electrons. The first kappa shape index (κ1) is 14.3. The first-order chi connectivity index (χ1) is 8.02. The fraction of sp³-hybridized carbons (Fsp3) is 0.615. The van der Waals surface area contributed by atoms with Crippen LogP contribution < -0.4 is 5.32 Å². The summed E-state index contributed by atoms with van der Waals surface area (Å²) < 4.78 is 0. The smallest absolute Gasteiger partial charge is 0.144 e. The van der Waals surface area contributed by atoms with E-state index in [0.717, 1.165) is 18.9 Å². The summed E-state index contributed by atoms with van der Waals surface area (Å²) >= 11 is 6.03. The van der Waals surface area contributed by atoms with E-state index in [4.69, 9.17) is 11.6 Å². The molecule has 1 aromatic rings. The van der Waals surface area contributed by atoms with Gasteiger partial charge >= 0.3 is 0 Å². The van der Waals surface area contributed by atoms with Crippen molar-refractivity contribution >= 4 is 17.4 Å². The molecule has 1 aromatic heterocycles. The molecule has 0 saturated heterocycles. The first-order valence-corrected chi connectivity index (χ1v) is 6.50.